The van der Waals surface area contributed by atoms with Crippen LogP contribution in [0.2, 0.25) is 0 Å². The van der Waals surface area contributed by atoms with Crippen LogP contribution in [0.25, 0.3) is 0 Å². The summed E-state index contributed by atoms with van der Waals surface area (Å²) in [6.45, 7) is 3.16. The number of hydrogen-bond donors (Lipinski definition) is 1. The lowest BCUT2D eigenvalue weighted by Gasteiger charge is -2.19. The third-order valence-corrected chi connectivity index (χ3v) is 3.23. The number of nitrogen functional groups attached to an aromatic ring is 1. The van der Waals surface area contributed by atoms with Crippen LogP contribution in [0.3, 0.4) is 0 Å². The summed E-state index contributed by atoms with van der Waals surface area (Å²) in [5.41, 5.74) is 2.78. The highest BCUT2D eigenvalue weighted by molar-refractivity contribution is 6.22. The van der Waals surface area contributed by atoms with E-state index in [1.807, 2.05) is 0 Å². The number of hydrogen-bond acceptors (Lipinski definition) is 3. The molecule has 1 aromatic rings. The van der Waals surface area contributed by atoms with Crippen LogP contribution in [-0.2, 0) is 15.8 Å². The van der Waals surface area contributed by atoms with E-state index in [9.17, 15) is 22.8 Å². The number of amides is 2. The summed E-state index contributed by atoms with van der Waals surface area (Å²) in [6, 6.07) is 3.01. The maximum atomic E-state index is 12.8. The Labute approximate surface area is 113 Å². The van der Waals surface area contributed by atoms with E-state index in [4.69, 9.17) is 5.73 Å². The van der Waals surface area contributed by atoms with Gasteiger partial charge in [-0.25, -0.2) is 0 Å². The summed E-state index contributed by atoms with van der Waals surface area (Å²) in [4.78, 5) is 24.7. The SMILES string of the molecule is CC1(C)CC(=O)N(c2ccc(N)c(C(F)(F)F)c2)C1=O. The Morgan fingerprint density at radius 1 is 1.25 bits per heavy atom. The largest absolute Gasteiger partial charge is 0.418 e. The lowest BCUT2D eigenvalue weighted by Crippen LogP contribution is -2.33. The molecule has 0 unspecified atom stereocenters. The molecule has 4 nitrogen and oxygen atoms in total. The van der Waals surface area contributed by atoms with Crippen LogP contribution in [0.4, 0.5) is 24.5 Å². The number of rotatable bonds is 1. The Morgan fingerprint density at radius 2 is 1.85 bits per heavy atom. The van der Waals surface area contributed by atoms with Crippen LogP contribution < -0.4 is 10.6 Å². The average molecular weight is 286 g/mol. The van der Waals surface area contributed by atoms with Gasteiger partial charge in [0.15, 0.2) is 0 Å². The van der Waals surface area contributed by atoms with Gasteiger partial charge in [-0.05, 0) is 18.2 Å². The molecule has 0 saturated carbocycles. The number of alkyl halides is 3. The molecule has 108 valence electrons. The van der Waals surface area contributed by atoms with Gasteiger partial charge in [-0.2, -0.15) is 13.2 Å². The van der Waals surface area contributed by atoms with Crippen molar-refractivity contribution in [3.8, 4) is 0 Å². The Kier molecular flexibility index (Phi) is 3.03. The number of anilines is 2. The highest BCUT2D eigenvalue weighted by Crippen LogP contribution is 2.39. The zero-order chi connectivity index (χ0) is 15.3. The molecule has 1 aliphatic rings. The number of imide groups is 1. The predicted octanol–water partition coefficient (Wildman–Crippen LogP) is 2.58. The molecule has 0 aliphatic carbocycles. The summed E-state index contributed by atoms with van der Waals surface area (Å²) in [6.07, 6.45) is -4.67. The first-order chi connectivity index (χ1) is 9.04. The Balaban J connectivity index is 2.50. The van der Waals surface area contributed by atoms with Crippen LogP contribution >= 0.6 is 0 Å². The van der Waals surface area contributed by atoms with Gasteiger partial charge in [-0.3, -0.25) is 14.5 Å². The topological polar surface area (TPSA) is 63.4 Å². The predicted molar refractivity (Wildman–Crippen MR) is 66.7 cm³/mol. The summed E-state index contributed by atoms with van der Waals surface area (Å²) in [5, 5.41) is 0. The number of carbonyl (C=O) groups is 2. The van der Waals surface area contributed by atoms with Crippen LogP contribution in [0, 0.1) is 5.41 Å². The van der Waals surface area contributed by atoms with E-state index in [1.165, 1.54) is 6.07 Å². The van der Waals surface area contributed by atoms with Gasteiger partial charge in [-0.1, -0.05) is 13.8 Å². The second kappa shape index (κ2) is 4.22. The van der Waals surface area contributed by atoms with Crippen molar-refractivity contribution < 1.29 is 22.8 Å². The van der Waals surface area contributed by atoms with Gasteiger partial charge in [0, 0.05) is 12.1 Å². The number of nitrogens with two attached hydrogens (primary N) is 1. The van der Waals surface area contributed by atoms with E-state index in [2.05, 4.69) is 0 Å². The molecule has 0 bridgehead atoms. The standard InChI is InChI=1S/C13H13F3N2O2/c1-12(2)6-10(19)18(11(12)20)7-3-4-9(17)8(5-7)13(14,15)16/h3-5H,6,17H2,1-2H3. The third-order valence-electron chi connectivity index (χ3n) is 3.23. The van der Waals surface area contributed by atoms with Gasteiger partial charge < -0.3 is 5.73 Å². The molecule has 2 rings (SSSR count). The quantitative estimate of drug-likeness (QED) is 0.637. The van der Waals surface area contributed by atoms with Crippen molar-refractivity contribution in [2.75, 3.05) is 10.6 Å². The monoisotopic (exact) mass is 286 g/mol. The van der Waals surface area contributed by atoms with E-state index >= 15 is 0 Å². The van der Waals surface area contributed by atoms with Gasteiger partial charge in [0.1, 0.15) is 0 Å². The van der Waals surface area contributed by atoms with Crippen molar-refractivity contribution in [1.82, 2.24) is 0 Å². The van der Waals surface area contributed by atoms with Crippen molar-refractivity contribution in [3.63, 3.8) is 0 Å². The van der Waals surface area contributed by atoms with Crippen molar-refractivity contribution in [3.05, 3.63) is 23.8 Å². The lowest BCUT2D eigenvalue weighted by atomic mass is 9.92. The minimum Gasteiger partial charge on any atom is -0.398 e. The molecule has 0 aromatic heterocycles. The third kappa shape index (κ3) is 2.23. The molecular formula is C13H13F3N2O2. The number of carbonyl (C=O) groups excluding carboxylic acids is 2. The lowest BCUT2D eigenvalue weighted by molar-refractivity contribution is -0.137. The molecule has 1 heterocycles. The first-order valence-electron chi connectivity index (χ1n) is 5.88. The molecule has 1 fully saturated rings. The van der Waals surface area contributed by atoms with Gasteiger partial charge in [0.2, 0.25) is 11.8 Å². The smallest absolute Gasteiger partial charge is 0.398 e. The molecule has 0 radical (unpaired) electrons. The molecular weight excluding hydrogens is 273 g/mol. The van der Waals surface area contributed by atoms with Crippen molar-refractivity contribution in [1.29, 1.82) is 0 Å². The van der Waals surface area contributed by atoms with Gasteiger partial charge in [0.25, 0.3) is 0 Å². The van der Waals surface area contributed by atoms with Crippen molar-refractivity contribution in [2.24, 2.45) is 5.41 Å². The van der Waals surface area contributed by atoms with Gasteiger partial charge in [0.05, 0.1) is 16.7 Å². The summed E-state index contributed by atoms with van der Waals surface area (Å²) in [7, 11) is 0. The highest BCUT2D eigenvalue weighted by atomic mass is 19.4. The molecule has 2 amide bonds. The van der Waals surface area contributed by atoms with Crippen molar-refractivity contribution in [2.45, 2.75) is 26.4 Å². The van der Waals surface area contributed by atoms with E-state index in [1.54, 1.807) is 13.8 Å². The van der Waals surface area contributed by atoms with E-state index in [0.717, 1.165) is 17.0 Å². The number of halogens is 3. The van der Waals surface area contributed by atoms with E-state index in [-0.39, 0.29) is 12.1 Å². The number of nitrogens with zero attached hydrogens (tertiary/aromatic N) is 1. The molecule has 0 atom stereocenters. The van der Waals surface area contributed by atoms with Crippen LogP contribution in [0.15, 0.2) is 18.2 Å². The average Bonchev–Trinajstić information content (AvgIpc) is 2.48. The second-order valence-electron chi connectivity index (χ2n) is 5.36. The normalized spacial score (nSPS) is 18.8. The zero-order valence-corrected chi connectivity index (χ0v) is 10.9. The molecule has 20 heavy (non-hydrogen) atoms. The fraction of sp³-hybridized carbons (Fsp3) is 0.385. The van der Waals surface area contributed by atoms with E-state index < -0.39 is 34.7 Å². The molecule has 1 aromatic carbocycles. The Bertz CT molecular complexity index is 594. The maximum absolute atomic E-state index is 12.8. The van der Waals surface area contributed by atoms with Gasteiger partial charge >= 0.3 is 6.18 Å². The van der Waals surface area contributed by atoms with Gasteiger partial charge in [-0.15, -0.1) is 0 Å². The summed E-state index contributed by atoms with van der Waals surface area (Å²) in [5.74, 6) is -1.03. The first kappa shape index (κ1) is 14.4. The first-order valence-corrected chi connectivity index (χ1v) is 5.88. The van der Waals surface area contributed by atoms with E-state index in [0.29, 0.717) is 0 Å². The zero-order valence-electron chi connectivity index (χ0n) is 10.9. The fourth-order valence-corrected chi connectivity index (χ4v) is 2.14. The fourth-order valence-electron chi connectivity index (χ4n) is 2.14. The minimum atomic E-state index is -4.64. The van der Waals surface area contributed by atoms with Crippen LogP contribution in [0.5, 0.6) is 0 Å². The minimum absolute atomic E-state index is 0.0302. The molecule has 1 aliphatic heterocycles. The Morgan fingerprint density at radius 3 is 2.30 bits per heavy atom. The molecule has 7 heteroatoms. The number of benzene rings is 1. The summed E-state index contributed by atoms with van der Waals surface area (Å²) >= 11 is 0. The van der Waals surface area contributed by atoms with Crippen LogP contribution in [0.1, 0.15) is 25.8 Å². The highest BCUT2D eigenvalue weighted by Gasteiger charge is 2.46. The summed E-state index contributed by atoms with van der Waals surface area (Å²) < 4.78 is 38.4. The van der Waals surface area contributed by atoms with Crippen molar-refractivity contribution >= 4 is 23.2 Å². The second-order valence-corrected chi connectivity index (χ2v) is 5.36. The molecule has 2 N–H and O–H groups in total. The Hall–Kier alpha value is -2.05. The van der Waals surface area contributed by atoms with Crippen LogP contribution in [-0.4, -0.2) is 11.8 Å². The molecule has 1 saturated heterocycles. The molecule has 0 spiro atoms. The maximum Gasteiger partial charge on any atom is 0.418 e.